The summed E-state index contributed by atoms with van der Waals surface area (Å²) in [6.07, 6.45) is -5.58. The number of aromatic nitrogens is 2. The monoisotopic (exact) mass is 544 g/mol. The van der Waals surface area contributed by atoms with Gasteiger partial charge in [0.1, 0.15) is 23.7 Å². The van der Waals surface area contributed by atoms with Gasteiger partial charge in [-0.15, -0.1) is 0 Å². The van der Waals surface area contributed by atoms with Crippen molar-refractivity contribution in [3.05, 3.63) is 77.8 Å². The number of halogens is 6. The molecule has 1 aliphatic rings. The standard InChI is InChI=1S/C23H18F6N4O3S/c24-14-1-3-16(4-2-14)37(35,36)33-12-15(25)10-19(33)22(34)31-11-13-7-8-30-18(9-13)17-5-6-20(23(27,28)29)32-21(17)26/h1-9,15,19H,10-12H2,(H,31,34). The van der Waals surface area contributed by atoms with E-state index in [9.17, 15) is 39.6 Å². The van der Waals surface area contributed by atoms with E-state index in [1.807, 2.05) is 0 Å². The Balaban J connectivity index is 1.49. The van der Waals surface area contributed by atoms with E-state index in [1.165, 1.54) is 18.3 Å². The molecule has 2 unspecified atom stereocenters. The van der Waals surface area contributed by atoms with Gasteiger partial charge in [0.25, 0.3) is 0 Å². The summed E-state index contributed by atoms with van der Waals surface area (Å²) in [5.74, 6) is -2.85. The normalized spacial score (nSPS) is 18.6. The molecule has 196 valence electrons. The van der Waals surface area contributed by atoms with E-state index in [1.54, 1.807) is 0 Å². The highest BCUT2D eigenvalue weighted by atomic mass is 32.2. The van der Waals surface area contributed by atoms with Crippen molar-refractivity contribution in [1.29, 1.82) is 0 Å². The van der Waals surface area contributed by atoms with Crippen LogP contribution in [0.4, 0.5) is 26.3 Å². The quantitative estimate of drug-likeness (QED) is 0.376. The van der Waals surface area contributed by atoms with Crippen molar-refractivity contribution in [1.82, 2.24) is 19.6 Å². The van der Waals surface area contributed by atoms with E-state index < -0.39 is 64.7 Å². The van der Waals surface area contributed by atoms with Crippen molar-refractivity contribution in [3.63, 3.8) is 0 Å². The van der Waals surface area contributed by atoms with Crippen LogP contribution in [-0.2, 0) is 27.5 Å². The first kappa shape index (κ1) is 26.5. The molecule has 1 aromatic carbocycles. The first-order valence-electron chi connectivity index (χ1n) is 10.7. The summed E-state index contributed by atoms with van der Waals surface area (Å²) in [5, 5.41) is 2.49. The lowest BCUT2D eigenvalue weighted by molar-refractivity contribution is -0.141. The van der Waals surface area contributed by atoms with Crippen molar-refractivity contribution in [2.24, 2.45) is 0 Å². The van der Waals surface area contributed by atoms with Crippen molar-refractivity contribution in [2.45, 2.75) is 36.3 Å². The molecule has 2 aromatic heterocycles. The lowest BCUT2D eigenvalue weighted by Gasteiger charge is -2.23. The number of nitrogens with zero attached hydrogens (tertiary/aromatic N) is 3. The van der Waals surface area contributed by atoms with Gasteiger partial charge in [-0.3, -0.25) is 9.78 Å². The van der Waals surface area contributed by atoms with E-state index in [2.05, 4.69) is 15.3 Å². The number of sulfonamides is 1. The summed E-state index contributed by atoms with van der Waals surface area (Å²) < 4.78 is 106. The number of amides is 1. The molecule has 2 atom stereocenters. The van der Waals surface area contributed by atoms with Gasteiger partial charge >= 0.3 is 6.18 Å². The third kappa shape index (κ3) is 5.74. The van der Waals surface area contributed by atoms with Gasteiger partial charge in [0, 0.05) is 25.7 Å². The SMILES string of the molecule is O=C(NCc1ccnc(-c2ccc(C(F)(F)F)nc2F)c1)C1CC(F)CN1S(=O)(=O)c1ccc(F)cc1. The molecule has 3 aromatic rings. The fourth-order valence-corrected chi connectivity index (χ4v) is 5.45. The number of benzene rings is 1. The molecule has 4 rings (SSSR count). The minimum absolute atomic E-state index is 0.0457. The Labute approximate surface area is 207 Å². The van der Waals surface area contributed by atoms with Crippen molar-refractivity contribution >= 4 is 15.9 Å². The molecule has 3 heterocycles. The van der Waals surface area contributed by atoms with Crippen LogP contribution in [0.2, 0.25) is 0 Å². The number of carbonyl (C=O) groups excluding carboxylic acids is 1. The average Bonchev–Trinajstić information content (AvgIpc) is 3.25. The second kappa shape index (κ2) is 10.1. The molecule has 1 amide bonds. The van der Waals surface area contributed by atoms with E-state index >= 15 is 0 Å². The largest absolute Gasteiger partial charge is 0.433 e. The highest BCUT2D eigenvalue weighted by Crippen LogP contribution is 2.31. The molecular formula is C23H18F6N4O3S. The van der Waals surface area contributed by atoms with E-state index in [0.717, 1.165) is 30.3 Å². The lowest BCUT2D eigenvalue weighted by atomic mass is 10.1. The molecule has 0 aliphatic carbocycles. The van der Waals surface area contributed by atoms with Crippen LogP contribution in [0.25, 0.3) is 11.3 Å². The number of nitrogens with one attached hydrogen (secondary N) is 1. The highest BCUT2D eigenvalue weighted by molar-refractivity contribution is 7.89. The Morgan fingerprint density at radius 1 is 1.08 bits per heavy atom. The predicted molar refractivity (Wildman–Crippen MR) is 118 cm³/mol. The van der Waals surface area contributed by atoms with Gasteiger partial charge in [-0.25, -0.2) is 22.2 Å². The summed E-state index contributed by atoms with van der Waals surface area (Å²) >= 11 is 0. The third-order valence-electron chi connectivity index (χ3n) is 5.63. The second-order valence-electron chi connectivity index (χ2n) is 8.18. The minimum atomic E-state index is -4.82. The van der Waals surface area contributed by atoms with Crippen molar-refractivity contribution in [2.75, 3.05) is 6.54 Å². The highest BCUT2D eigenvalue weighted by Gasteiger charge is 2.44. The summed E-state index contributed by atoms with van der Waals surface area (Å²) in [5.41, 5.74) is -1.38. The van der Waals surface area contributed by atoms with Gasteiger partial charge in [-0.05, 0) is 54.1 Å². The van der Waals surface area contributed by atoms with Gasteiger partial charge < -0.3 is 5.32 Å². The Hall–Kier alpha value is -3.52. The van der Waals surface area contributed by atoms with Crippen LogP contribution in [0, 0.1) is 11.8 Å². The Bertz CT molecular complexity index is 1420. The van der Waals surface area contributed by atoms with Crippen molar-refractivity contribution in [3.8, 4) is 11.3 Å². The molecule has 37 heavy (non-hydrogen) atoms. The summed E-state index contributed by atoms with van der Waals surface area (Å²) in [6, 6.07) is 6.76. The molecule has 1 saturated heterocycles. The molecule has 0 saturated carbocycles. The molecule has 1 aliphatic heterocycles. The summed E-state index contributed by atoms with van der Waals surface area (Å²) in [6.45, 7) is -0.751. The number of alkyl halides is 4. The maximum Gasteiger partial charge on any atom is 0.433 e. The average molecular weight is 544 g/mol. The molecular weight excluding hydrogens is 526 g/mol. The zero-order valence-electron chi connectivity index (χ0n) is 18.7. The number of hydrogen-bond acceptors (Lipinski definition) is 5. The maximum atomic E-state index is 14.2. The van der Waals surface area contributed by atoms with E-state index in [4.69, 9.17) is 0 Å². The Kier molecular flexibility index (Phi) is 7.24. The molecule has 0 spiro atoms. The zero-order valence-corrected chi connectivity index (χ0v) is 19.5. The summed E-state index contributed by atoms with van der Waals surface area (Å²) in [4.78, 5) is 19.4. The number of pyridine rings is 2. The van der Waals surface area contributed by atoms with Crippen LogP contribution < -0.4 is 5.32 Å². The lowest BCUT2D eigenvalue weighted by Crippen LogP contribution is -2.45. The first-order chi connectivity index (χ1) is 17.4. The third-order valence-corrected chi connectivity index (χ3v) is 7.52. The zero-order chi connectivity index (χ0) is 27.0. The molecule has 1 N–H and O–H groups in total. The fraction of sp³-hybridized carbons (Fsp3) is 0.261. The number of hydrogen-bond donors (Lipinski definition) is 1. The predicted octanol–water partition coefficient (Wildman–Crippen LogP) is 3.86. The maximum absolute atomic E-state index is 14.2. The smallest absolute Gasteiger partial charge is 0.351 e. The molecule has 7 nitrogen and oxygen atoms in total. The number of rotatable bonds is 6. The van der Waals surface area contributed by atoms with Gasteiger partial charge in [0.15, 0.2) is 0 Å². The van der Waals surface area contributed by atoms with Gasteiger partial charge in [-0.1, -0.05) is 0 Å². The van der Waals surface area contributed by atoms with Crippen LogP contribution in [0.3, 0.4) is 0 Å². The van der Waals surface area contributed by atoms with Gasteiger partial charge in [0.05, 0.1) is 16.2 Å². The van der Waals surface area contributed by atoms with Crippen molar-refractivity contribution < 1.29 is 39.6 Å². The molecule has 0 radical (unpaired) electrons. The van der Waals surface area contributed by atoms with Gasteiger partial charge in [0.2, 0.25) is 21.9 Å². The minimum Gasteiger partial charge on any atom is -0.351 e. The van der Waals surface area contributed by atoms with Crippen LogP contribution in [0.1, 0.15) is 17.7 Å². The van der Waals surface area contributed by atoms with E-state index in [0.29, 0.717) is 15.9 Å². The molecule has 1 fully saturated rings. The van der Waals surface area contributed by atoms with E-state index in [-0.39, 0.29) is 22.7 Å². The van der Waals surface area contributed by atoms with Crippen LogP contribution in [0.15, 0.2) is 59.6 Å². The number of carbonyl (C=O) groups is 1. The van der Waals surface area contributed by atoms with Crippen LogP contribution >= 0.6 is 0 Å². The fourth-order valence-electron chi connectivity index (χ4n) is 3.82. The Morgan fingerprint density at radius 3 is 2.43 bits per heavy atom. The topological polar surface area (TPSA) is 92.3 Å². The second-order valence-corrected chi connectivity index (χ2v) is 10.1. The first-order valence-corrected chi connectivity index (χ1v) is 12.2. The Morgan fingerprint density at radius 2 is 1.78 bits per heavy atom. The molecule has 14 heteroatoms. The van der Waals surface area contributed by atoms with Crippen LogP contribution in [0.5, 0.6) is 0 Å². The van der Waals surface area contributed by atoms with Crippen LogP contribution in [-0.4, -0.2) is 47.4 Å². The molecule has 0 bridgehead atoms. The van der Waals surface area contributed by atoms with Gasteiger partial charge in [-0.2, -0.15) is 21.9 Å². The summed E-state index contributed by atoms with van der Waals surface area (Å²) in [7, 11) is -4.30.